The molecule has 2 aliphatic rings. The van der Waals surface area contributed by atoms with Crippen molar-refractivity contribution in [2.45, 2.75) is 26.7 Å². The zero-order valence-corrected chi connectivity index (χ0v) is 12.9. The third kappa shape index (κ3) is 4.07. The summed E-state index contributed by atoms with van der Waals surface area (Å²) in [7, 11) is 0. The van der Waals surface area contributed by atoms with Crippen LogP contribution in [-0.2, 0) is 19.1 Å². The number of ether oxygens (including phenoxy) is 2. The highest BCUT2D eigenvalue weighted by Gasteiger charge is 2.21. The topological polar surface area (TPSA) is 52.6 Å². The Morgan fingerprint density at radius 3 is 2.82 bits per heavy atom. The summed E-state index contributed by atoms with van der Waals surface area (Å²) in [5.74, 6) is -0.129. The van der Waals surface area contributed by atoms with Crippen LogP contribution in [0.25, 0.3) is 0 Å². The van der Waals surface area contributed by atoms with E-state index in [0.29, 0.717) is 24.4 Å². The number of rotatable bonds is 5. The van der Waals surface area contributed by atoms with Gasteiger partial charge in [-0.1, -0.05) is 30.4 Å². The zero-order chi connectivity index (χ0) is 15.9. The lowest BCUT2D eigenvalue weighted by Gasteiger charge is -2.12. The summed E-state index contributed by atoms with van der Waals surface area (Å²) in [6.45, 7) is 3.39. The van der Waals surface area contributed by atoms with Gasteiger partial charge in [-0.05, 0) is 30.6 Å². The van der Waals surface area contributed by atoms with E-state index >= 15 is 0 Å². The van der Waals surface area contributed by atoms with Crippen LogP contribution in [0, 0.1) is 0 Å². The fourth-order valence-electron chi connectivity index (χ4n) is 2.35. The van der Waals surface area contributed by atoms with Crippen molar-refractivity contribution in [3.8, 4) is 0 Å². The lowest BCUT2D eigenvalue weighted by Crippen LogP contribution is -2.16. The van der Waals surface area contributed by atoms with Crippen LogP contribution in [0.3, 0.4) is 0 Å². The third-order valence-corrected chi connectivity index (χ3v) is 3.40. The van der Waals surface area contributed by atoms with Gasteiger partial charge in [-0.3, -0.25) is 9.59 Å². The Kier molecular flexibility index (Phi) is 5.53. The lowest BCUT2D eigenvalue weighted by atomic mass is 9.97. The molecule has 0 saturated heterocycles. The first kappa shape index (κ1) is 16.0. The molecular weight excluding hydrogens is 280 g/mol. The highest BCUT2D eigenvalue weighted by atomic mass is 16.5. The Morgan fingerprint density at radius 2 is 2.09 bits per heavy atom. The molecule has 0 aromatic heterocycles. The van der Waals surface area contributed by atoms with E-state index < -0.39 is 5.97 Å². The van der Waals surface area contributed by atoms with Crippen molar-refractivity contribution in [3.63, 3.8) is 0 Å². The second-order valence-electron chi connectivity index (χ2n) is 5.00. The maximum Gasteiger partial charge on any atom is 0.303 e. The van der Waals surface area contributed by atoms with Crippen molar-refractivity contribution >= 4 is 11.8 Å². The highest BCUT2D eigenvalue weighted by Crippen LogP contribution is 2.30. The summed E-state index contributed by atoms with van der Waals surface area (Å²) in [5.41, 5.74) is 2.71. The molecule has 4 nitrogen and oxygen atoms in total. The summed E-state index contributed by atoms with van der Waals surface area (Å²) in [6.07, 6.45) is 13.3. The van der Waals surface area contributed by atoms with Gasteiger partial charge < -0.3 is 9.47 Å². The molecule has 0 saturated carbocycles. The van der Waals surface area contributed by atoms with E-state index in [1.54, 1.807) is 0 Å². The van der Waals surface area contributed by atoms with Crippen molar-refractivity contribution in [2.24, 2.45) is 0 Å². The first-order chi connectivity index (χ1) is 10.6. The molecule has 2 aliphatic carbocycles. The predicted molar refractivity (Wildman–Crippen MR) is 84.0 cm³/mol. The molecule has 0 heterocycles. The average molecular weight is 300 g/mol. The van der Waals surface area contributed by atoms with Crippen LogP contribution in [0.5, 0.6) is 0 Å². The molecule has 0 unspecified atom stereocenters. The van der Waals surface area contributed by atoms with E-state index in [4.69, 9.17) is 9.47 Å². The van der Waals surface area contributed by atoms with E-state index in [1.807, 2.05) is 31.2 Å². The number of allylic oxidation sites excluding steroid dienone is 8. The van der Waals surface area contributed by atoms with Crippen LogP contribution in [0.2, 0.25) is 0 Å². The Bertz CT molecular complexity index is 615. The van der Waals surface area contributed by atoms with Crippen molar-refractivity contribution in [2.75, 3.05) is 13.2 Å². The molecule has 0 fully saturated rings. The molecule has 2 rings (SSSR count). The van der Waals surface area contributed by atoms with Crippen LogP contribution < -0.4 is 0 Å². The van der Waals surface area contributed by atoms with E-state index in [2.05, 4.69) is 12.2 Å². The SMILES string of the molecule is CCOC1=C(C(=O)COC(C)=O)CC2=CCC=CC=C2C=C1. The van der Waals surface area contributed by atoms with Gasteiger partial charge in [0.05, 0.1) is 6.61 Å². The molecule has 0 atom stereocenters. The van der Waals surface area contributed by atoms with Gasteiger partial charge in [-0.15, -0.1) is 0 Å². The van der Waals surface area contributed by atoms with Crippen molar-refractivity contribution < 1.29 is 19.1 Å². The smallest absolute Gasteiger partial charge is 0.303 e. The molecule has 0 radical (unpaired) electrons. The van der Waals surface area contributed by atoms with Gasteiger partial charge >= 0.3 is 5.97 Å². The Balaban J connectivity index is 2.30. The molecule has 0 N–H and O–H groups in total. The third-order valence-electron chi connectivity index (χ3n) is 3.40. The predicted octanol–water partition coefficient (Wildman–Crippen LogP) is 3.18. The summed E-state index contributed by atoms with van der Waals surface area (Å²) in [6, 6.07) is 0. The number of esters is 1. The maximum atomic E-state index is 12.4. The Labute approximate surface area is 130 Å². The zero-order valence-electron chi connectivity index (χ0n) is 12.9. The number of carbonyl (C=O) groups is 2. The number of ketones is 1. The minimum absolute atomic E-state index is 0.220. The van der Waals surface area contributed by atoms with E-state index in [0.717, 1.165) is 17.6 Å². The molecule has 4 heteroatoms. The van der Waals surface area contributed by atoms with Crippen molar-refractivity contribution in [3.05, 3.63) is 58.9 Å². The number of Topliss-reactive ketones (excluding diaryl/α,β-unsaturated/α-hetero) is 1. The molecule has 22 heavy (non-hydrogen) atoms. The lowest BCUT2D eigenvalue weighted by molar-refractivity contribution is -0.144. The summed E-state index contributed by atoms with van der Waals surface area (Å²) in [5, 5.41) is 0. The summed E-state index contributed by atoms with van der Waals surface area (Å²) < 4.78 is 10.4. The normalized spacial score (nSPS) is 17.0. The summed E-state index contributed by atoms with van der Waals surface area (Å²) >= 11 is 0. The van der Waals surface area contributed by atoms with Crippen LogP contribution in [-0.4, -0.2) is 25.0 Å². The first-order valence-corrected chi connectivity index (χ1v) is 7.38. The largest absolute Gasteiger partial charge is 0.493 e. The molecule has 0 amide bonds. The second-order valence-corrected chi connectivity index (χ2v) is 5.00. The fraction of sp³-hybridized carbons (Fsp3) is 0.333. The number of hydrogen-bond donors (Lipinski definition) is 0. The second kappa shape index (κ2) is 7.59. The molecule has 0 bridgehead atoms. The van der Waals surface area contributed by atoms with Gasteiger partial charge in [-0.2, -0.15) is 0 Å². The van der Waals surface area contributed by atoms with Crippen LogP contribution in [0.15, 0.2) is 58.9 Å². The quantitative estimate of drug-likeness (QED) is 0.732. The average Bonchev–Trinajstić information content (AvgIpc) is 2.80. The van der Waals surface area contributed by atoms with E-state index in [9.17, 15) is 9.59 Å². The van der Waals surface area contributed by atoms with E-state index in [-0.39, 0.29) is 12.4 Å². The number of fused-ring (bicyclic) bond motifs is 1. The molecule has 0 aromatic carbocycles. The van der Waals surface area contributed by atoms with Gasteiger partial charge in [0, 0.05) is 18.9 Å². The van der Waals surface area contributed by atoms with Gasteiger partial charge in [0.1, 0.15) is 5.76 Å². The highest BCUT2D eigenvalue weighted by molar-refractivity contribution is 5.98. The number of hydrogen-bond acceptors (Lipinski definition) is 4. The molecule has 116 valence electrons. The molecule has 0 spiro atoms. The Hall–Kier alpha value is -2.36. The van der Waals surface area contributed by atoms with Crippen LogP contribution in [0.1, 0.15) is 26.7 Å². The Morgan fingerprint density at radius 1 is 1.27 bits per heavy atom. The van der Waals surface area contributed by atoms with Crippen molar-refractivity contribution in [1.29, 1.82) is 0 Å². The van der Waals surface area contributed by atoms with Crippen LogP contribution in [0.4, 0.5) is 0 Å². The van der Waals surface area contributed by atoms with Crippen molar-refractivity contribution in [1.82, 2.24) is 0 Å². The first-order valence-electron chi connectivity index (χ1n) is 7.38. The van der Waals surface area contributed by atoms with Gasteiger partial charge in [0.15, 0.2) is 12.4 Å². The maximum absolute atomic E-state index is 12.4. The van der Waals surface area contributed by atoms with Gasteiger partial charge in [-0.25, -0.2) is 0 Å². The fourth-order valence-corrected chi connectivity index (χ4v) is 2.35. The minimum atomic E-state index is -0.463. The monoisotopic (exact) mass is 300 g/mol. The molecular formula is C18H20O4. The van der Waals surface area contributed by atoms with Crippen LogP contribution >= 0.6 is 0 Å². The minimum Gasteiger partial charge on any atom is -0.493 e. The standard InChI is InChI=1S/C18H20O4/c1-3-21-18-10-9-14-7-5-4-6-8-15(14)11-16(18)17(20)12-22-13(2)19/h4-5,7-10H,3,6,11-12H2,1-2H3. The molecule has 0 aromatic rings. The summed E-state index contributed by atoms with van der Waals surface area (Å²) in [4.78, 5) is 23.3. The van der Waals surface area contributed by atoms with E-state index in [1.165, 1.54) is 6.92 Å². The molecule has 0 aliphatic heterocycles. The number of carbonyl (C=O) groups excluding carboxylic acids is 2. The van der Waals surface area contributed by atoms with Gasteiger partial charge in [0.25, 0.3) is 0 Å². The van der Waals surface area contributed by atoms with Gasteiger partial charge in [0.2, 0.25) is 0 Å².